The lowest BCUT2D eigenvalue weighted by Crippen LogP contribution is -2.28. The predicted molar refractivity (Wildman–Crippen MR) is 158 cm³/mol. The van der Waals surface area contributed by atoms with Gasteiger partial charge in [0.2, 0.25) is 0 Å². The largest absolute Gasteiger partial charge is 0.497 e. The van der Waals surface area contributed by atoms with Gasteiger partial charge in [-0.05, 0) is 48.9 Å². The van der Waals surface area contributed by atoms with Crippen molar-refractivity contribution >= 4 is 39.4 Å². The zero-order valence-electron chi connectivity index (χ0n) is 22.2. The van der Waals surface area contributed by atoms with Gasteiger partial charge in [-0.15, -0.1) is 0 Å². The minimum atomic E-state index is -0.569. The summed E-state index contributed by atoms with van der Waals surface area (Å²) >= 11 is 6.40. The standard InChI is InChI=1S/C30H24ClN7O3/c1-18(28-36-22-7-5-6-21(31)25(22)30(40)38(28)24-8-3-4-14-32-24)35-27-26-23(39)13-15-37(29(26)34-17-33-27)16-19-9-11-20(41-2)12-10-19/h3-15,17-18H,16H2,1-2H3,(H,33,34,35)/t18-/m0/s1. The topological polar surface area (TPSA) is 117 Å². The van der Waals surface area contributed by atoms with Crippen LogP contribution in [-0.4, -0.2) is 36.2 Å². The third-order valence-electron chi connectivity index (χ3n) is 6.76. The highest BCUT2D eigenvalue weighted by Crippen LogP contribution is 2.26. The van der Waals surface area contributed by atoms with Gasteiger partial charge < -0.3 is 14.6 Å². The van der Waals surface area contributed by atoms with Crippen LogP contribution in [0.1, 0.15) is 24.4 Å². The number of anilines is 1. The predicted octanol–water partition coefficient (Wildman–Crippen LogP) is 4.77. The highest BCUT2D eigenvalue weighted by atomic mass is 35.5. The molecule has 0 saturated heterocycles. The maximum atomic E-state index is 13.7. The molecule has 0 unspecified atom stereocenters. The number of ether oxygens (including phenoxy) is 1. The van der Waals surface area contributed by atoms with Gasteiger partial charge in [0.05, 0.1) is 29.1 Å². The number of aromatic nitrogens is 6. The number of fused-ring (bicyclic) bond motifs is 2. The molecule has 0 bridgehead atoms. The molecule has 4 heterocycles. The van der Waals surface area contributed by atoms with E-state index in [2.05, 4.69) is 20.3 Å². The lowest BCUT2D eigenvalue weighted by Gasteiger charge is -2.20. The van der Waals surface area contributed by atoms with Crippen LogP contribution in [0.15, 0.2) is 95.0 Å². The van der Waals surface area contributed by atoms with Gasteiger partial charge in [0.25, 0.3) is 5.56 Å². The second kappa shape index (κ2) is 10.8. The SMILES string of the molecule is COc1ccc(Cn2ccc(=O)c3c(N[C@@H](C)c4nc5cccc(Cl)c5c(=O)n4-c4ccccn4)ncnc32)cc1. The quantitative estimate of drug-likeness (QED) is 0.294. The van der Waals surface area contributed by atoms with E-state index in [1.54, 1.807) is 55.9 Å². The van der Waals surface area contributed by atoms with Gasteiger partial charge in [-0.1, -0.05) is 35.9 Å². The van der Waals surface area contributed by atoms with Crippen LogP contribution in [0.3, 0.4) is 0 Å². The summed E-state index contributed by atoms with van der Waals surface area (Å²) in [6.45, 7) is 2.32. The second-order valence-electron chi connectivity index (χ2n) is 9.38. The minimum Gasteiger partial charge on any atom is -0.497 e. The van der Waals surface area contributed by atoms with Crippen LogP contribution >= 0.6 is 11.6 Å². The summed E-state index contributed by atoms with van der Waals surface area (Å²) < 4.78 is 8.57. The third kappa shape index (κ3) is 4.89. The lowest BCUT2D eigenvalue weighted by atomic mass is 10.2. The molecule has 2 aromatic carbocycles. The summed E-state index contributed by atoms with van der Waals surface area (Å²) in [4.78, 5) is 44.9. The normalized spacial score (nSPS) is 12.0. The summed E-state index contributed by atoms with van der Waals surface area (Å²) in [6.07, 6.45) is 4.72. The van der Waals surface area contributed by atoms with E-state index in [-0.39, 0.29) is 11.0 Å². The summed E-state index contributed by atoms with van der Waals surface area (Å²) in [5.41, 5.74) is 1.35. The number of methoxy groups -OCH3 is 1. The lowest BCUT2D eigenvalue weighted by molar-refractivity contribution is 0.414. The van der Waals surface area contributed by atoms with E-state index in [0.29, 0.717) is 51.0 Å². The number of hydrogen-bond donors (Lipinski definition) is 1. The van der Waals surface area contributed by atoms with Crippen LogP contribution in [-0.2, 0) is 6.54 Å². The first-order valence-corrected chi connectivity index (χ1v) is 13.2. The number of benzene rings is 2. The van der Waals surface area contributed by atoms with Crippen molar-refractivity contribution in [1.82, 2.24) is 29.1 Å². The Kier molecular flexibility index (Phi) is 6.90. The summed E-state index contributed by atoms with van der Waals surface area (Å²) in [6, 6.07) is 19.0. The average molecular weight is 566 g/mol. The van der Waals surface area contributed by atoms with Crippen LogP contribution < -0.4 is 21.0 Å². The van der Waals surface area contributed by atoms with E-state index in [0.717, 1.165) is 11.3 Å². The molecule has 11 heteroatoms. The molecule has 204 valence electrons. The number of halogens is 1. The van der Waals surface area contributed by atoms with Gasteiger partial charge in [0, 0.05) is 25.0 Å². The molecule has 6 aromatic rings. The molecular formula is C30H24ClN7O3. The van der Waals surface area contributed by atoms with Crippen molar-refractivity contribution in [1.29, 1.82) is 0 Å². The number of hydrogen-bond acceptors (Lipinski definition) is 8. The fourth-order valence-corrected chi connectivity index (χ4v) is 5.02. The Balaban J connectivity index is 1.45. The van der Waals surface area contributed by atoms with Crippen molar-refractivity contribution in [2.24, 2.45) is 0 Å². The molecule has 4 aromatic heterocycles. The monoisotopic (exact) mass is 565 g/mol. The molecule has 0 aliphatic carbocycles. The molecule has 0 amide bonds. The van der Waals surface area contributed by atoms with E-state index >= 15 is 0 Å². The molecular weight excluding hydrogens is 542 g/mol. The van der Waals surface area contributed by atoms with Crippen LogP contribution in [0, 0.1) is 0 Å². The van der Waals surface area contributed by atoms with Crippen LogP contribution in [0.2, 0.25) is 5.02 Å². The van der Waals surface area contributed by atoms with Crippen molar-refractivity contribution in [2.75, 3.05) is 12.4 Å². The first kappa shape index (κ1) is 26.1. The fraction of sp³-hybridized carbons (Fsp3) is 0.133. The molecule has 0 spiro atoms. The molecule has 1 N–H and O–H groups in total. The number of nitrogens with one attached hydrogen (secondary N) is 1. The zero-order valence-corrected chi connectivity index (χ0v) is 22.9. The molecule has 0 saturated carbocycles. The Morgan fingerprint density at radius 1 is 0.951 bits per heavy atom. The van der Waals surface area contributed by atoms with Crippen LogP contribution in [0.4, 0.5) is 5.82 Å². The third-order valence-corrected chi connectivity index (χ3v) is 7.07. The molecule has 10 nitrogen and oxygen atoms in total. The van der Waals surface area contributed by atoms with Gasteiger partial charge in [-0.2, -0.15) is 0 Å². The van der Waals surface area contributed by atoms with Crippen molar-refractivity contribution in [3.05, 3.63) is 122 Å². The summed E-state index contributed by atoms with van der Waals surface area (Å²) in [5, 5.41) is 4.22. The number of nitrogens with zero attached hydrogens (tertiary/aromatic N) is 6. The zero-order chi connectivity index (χ0) is 28.5. The van der Waals surface area contributed by atoms with Gasteiger partial charge in [0.15, 0.2) is 5.43 Å². The van der Waals surface area contributed by atoms with E-state index < -0.39 is 6.04 Å². The Morgan fingerprint density at radius 3 is 2.54 bits per heavy atom. The first-order chi connectivity index (χ1) is 19.9. The van der Waals surface area contributed by atoms with Gasteiger partial charge >= 0.3 is 0 Å². The molecule has 6 rings (SSSR count). The van der Waals surface area contributed by atoms with Gasteiger partial charge in [0.1, 0.15) is 40.6 Å². The Hall–Kier alpha value is -5.09. The van der Waals surface area contributed by atoms with Crippen molar-refractivity contribution in [3.8, 4) is 11.6 Å². The number of rotatable bonds is 7. The maximum absolute atomic E-state index is 13.7. The van der Waals surface area contributed by atoms with E-state index in [1.807, 2.05) is 35.8 Å². The highest BCUT2D eigenvalue weighted by molar-refractivity contribution is 6.35. The van der Waals surface area contributed by atoms with Crippen molar-refractivity contribution in [2.45, 2.75) is 19.5 Å². The molecule has 0 aliphatic rings. The molecule has 0 fully saturated rings. The summed E-state index contributed by atoms with van der Waals surface area (Å²) in [7, 11) is 1.62. The van der Waals surface area contributed by atoms with E-state index in [9.17, 15) is 9.59 Å². The van der Waals surface area contributed by atoms with Gasteiger partial charge in [-0.3, -0.25) is 9.59 Å². The Morgan fingerprint density at radius 2 is 1.78 bits per heavy atom. The van der Waals surface area contributed by atoms with Crippen molar-refractivity contribution < 1.29 is 4.74 Å². The highest BCUT2D eigenvalue weighted by Gasteiger charge is 2.22. The van der Waals surface area contributed by atoms with Crippen LogP contribution in [0.25, 0.3) is 27.8 Å². The van der Waals surface area contributed by atoms with Crippen LogP contribution in [0.5, 0.6) is 5.75 Å². The van der Waals surface area contributed by atoms with E-state index in [4.69, 9.17) is 21.3 Å². The first-order valence-electron chi connectivity index (χ1n) is 12.8. The maximum Gasteiger partial charge on any atom is 0.268 e. The minimum absolute atomic E-state index is 0.235. The van der Waals surface area contributed by atoms with Crippen molar-refractivity contribution in [3.63, 3.8) is 0 Å². The summed E-state index contributed by atoms with van der Waals surface area (Å²) in [5.74, 6) is 1.86. The van der Waals surface area contributed by atoms with E-state index in [1.165, 1.54) is 17.0 Å². The smallest absolute Gasteiger partial charge is 0.268 e. The average Bonchev–Trinajstić information content (AvgIpc) is 2.99. The Labute approximate surface area is 238 Å². The number of pyridine rings is 2. The molecule has 41 heavy (non-hydrogen) atoms. The fourth-order valence-electron chi connectivity index (χ4n) is 4.77. The molecule has 1 atom stereocenters. The molecule has 0 radical (unpaired) electrons. The van der Waals surface area contributed by atoms with Gasteiger partial charge in [-0.25, -0.2) is 24.5 Å². The second-order valence-corrected chi connectivity index (χ2v) is 9.78. The molecule has 0 aliphatic heterocycles. The Bertz CT molecular complexity index is 2010.